The van der Waals surface area contributed by atoms with E-state index in [-0.39, 0.29) is 55.4 Å². The zero-order valence-electron chi connectivity index (χ0n) is 28.1. The maximum atomic E-state index is 14.3. The van der Waals surface area contributed by atoms with E-state index in [4.69, 9.17) is 9.47 Å². The van der Waals surface area contributed by atoms with Crippen LogP contribution >= 0.6 is 0 Å². The van der Waals surface area contributed by atoms with E-state index in [1.54, 1.807) is 42.0 Å². The van der Waals surface area contributed by atoms with Crippen LogP contribution in [0.2, 0.25) is 0 Å². The predicted molar refractivity (Wildman–Crippen MR) is 183 cm³/mol. The molecule has 4 atom stereocenters. The minimum Gasteiger partial charge on any atom is -0.490 e. The van der Waals surface area contributed by atoms with Crippen LogP contribution in [0.4, 0.5) is 5.69 Å². The summed E-state index contributed by atoms with van der Waals surface area (Å²) >= 11 is 0. The molecule has 3 aromatic carbocycles. The van der Waals surface area contributed by atoms with Crippen LogP contribution in [0.15, 0.2) is 78.9 Å². The van der Waals surface area contributed by atoms with E-state index in [1.807, 2.05) is 74.5 Å². The van der Waals surface area contributed by atoms with Crippen molar-refractivity contribution >= 4 is 23.4 Å². The molecule has 0 aromatic heterocycles. The number of hydrogen-bond acceptors (Lipinski definition) is 6. The number of likely N-dealkylation sites (N-methyl/N-ethyl adjacent to an activating group) is 1. The van der Waals surface area contributed by atoms with Gasteiger partial charge in [0, 0.05) is 38.3 Å². The highest BCUT2D eigenvalue weighted by atomic mass is 16.5. The molecule has 0 spiro atoms. The summed E-state index contributed by atoms with van der Waals surface area (Å²) in [6, 6.07) is 23.8. The molecule has 3 aromatic rings. The Kier molecular flexibility index (Phi) is 13.4. The third-order valence-corrected chi connectivity index (χ3v) is 8.62. The first-order chi connectivity index (χ1) is 22.6. The molecule has 9 nitrogen and oxygen atoms in total. The van der Waals surface area contributed by atoms with E-state index in [0.29, 0.717) is 36.6 Å². The highest BCUT2D eigenvalue weighted by Gasteiger charge is 2.31. The van der Waals surface area contributed by atoms with Gasteiger partial charge in [-0.25, -0.2) is 0 Å². The van der Waals surface area contributed by atoms with Gasteiger partial charge in [0.15, 0.2) is 0 Å². The lowest BCUT2D eigenvalue weighted by molar-refractivity contribution is -0.131. The fourth-order valence-electron chi connectivity index (χ4n) is 5.73. The third kappa shape index (κ3) is 10.7. The van der Waals surface area contributed by atoms with E-state index in [9.17, 15) is 19.5 Å². The van der Waals surface area contributed by atoms with E-state index in [1.165, 1.54) is 0 Å². The predicted octanol–water partition coefficient (Wildman–Crippen LogP) is 5.36. The Morgan fingerprint density at radius 3 is 2.30 bits per heavy atom. The number of ether oxygens (including phenoxy) is 2. The second-order valence-corrected chi connectivity index (χ2v) is 12.7. The molecular formula is C38H49N3O6. The number of rotatable bonds is 9. The molecule has 0 unspecified atom stereocenters. The van der Waals surface area contributed by atoms with E-state index in [2.05, 4.69) is 5.32 Å². The Hall–Kier alpha value is -4.21. The lowest BCUT2D eigenvalue weighted by atomic mass is 10.0. The molecule has 2 N–H and O–H groups in total. The van der Waals surface area contributed by atoms with Crippen molar-refractivity contribution in [1.29, 1.82) is 0 Å². The Labute approximate surface area is 278 Å². The molecule has 0 radical (unpaired) electrons. The van der Waals surface area contributed by atoms with Crippen LogP contribution in [0, 0.1) is 5.92 Å². The summed E-state index contributed by atoms with van der Waals surface area (Å²) in [5.41, 5.74) is 2.63. The summed E-state index contributed by atoms with van der Waals surface area (Å²) < 4.78 is 12.7. The van der Waals surface area contributed by atoms with Crippen LogP contribution in [0.3, 0.4) is 0 Å². The number of carbonyl (C=O) groups is 3. The van der Waals surface area contributed by atoms with Crippen LogP contribution in [-0.4, -0.2) is 84.2 Å². The van der Waals surface area contributed by atoms with Crippen molar-refractivity contribution in [3.63, 3.8) is 0 Å². The molecule has 0 fully saturated rings. The first-order valence-corrected chi connectivity index (χ1v) is 16.6. The van der Waals surface area contributed by atoms with Crippen molar-refractivity contribution in [3.8, 4) is 5.75 Å². The standard InChI is InChI=1S/C38H49N3O6/c1-27-24-41(28(2)26-42)38(45)33-23-32(39-36(43)21-30-14-7-5-8-15-30)18-19-34(33)47-29(3)13-11-12-20-46-35(27)25-40(4)37(44)22-31-16-9-6-10-17-31/h5-10,14-19,23,27-29,35,42H,11-13,20-22,24-26H2,1-4H3,(H,39,43)/t27-,28+,29-,35-/m0/s1. The maximum Gasteiger partial charge on any atom is 0.258 e. The van der Waals surface area contributed by atoms with Gasteiger partial charge >= 0.3 is 0 Å². The number of carbonyl (C=O) groups excluding carboxylic acids is 3. The molecule has 9 heteroatoms. The smallest absolute Gasteiger partial charge is 0.258 e. The summed E-state index contributed by atoms with van der Waals surface area (Å²) in [6.07, 6.45) is 2.46. The van der Waals surface area contributed by atoms with Crippen molar-refractivity contribution in [2.45, 2.75) is 71.1 Å². The van der Waals surface area contributed by atoms with Gasteiger partial charge in [-0.15, -0.1) is 0 Å². The number of amides is 3. The van der Waals surface area contributed by atoms with Crippen molar-refractivity contribution in [2.24, 2.45) is 5.92 Å². The molecule has 1 aliphatic rings. The van der Waals surface area contributed by atoms with Crippen LogP contribution in [0.1, 0.15) is 61.5 Å². The molecule has 1 aliphatic heterocycles. The molecule has 0 saturated heterocycles. The van der Waals surface area contributed by atoms with Gasteiger partial charge in [0.05, 0.1) is 43.3 Å². The number of fused-ring (bicyclic) bond motifs is 1. The average Bonchev–Trinajstić information content (AvgIpc) is 3.06. The molecule has 4 rings (SSSR count). The Balaban J connectivity index is 1.58. The summed E-state index contributed by atoms with van der Waals surface area (Å²) in [5, 5.41) is 13.2. The number of aliphatic hydroxyl groups is 1. The van der Waals surface area contributed by atoms with Crippen LogP contribution in [0.25, 0.3) is 0 Å². The number of nitrogens with one attached hydrogen (secondary N) is 1. The first kappa shape index (κ1) is 35.6. The molecule has 47 heavy (non-hydrogen) atoms. The quantitative estimate of drug-likeness (QED) is 0.325. The van der Waals surface area contributed by atoms with Gasteiger partial charge in [-0.1, -0.05) is 67.6 Å². The van der Waals surface area contributed by atoms with Crippen LogP contribution in [0.5, 0.6) is 5.75 Å². The normalized spacial score (nSPS) is 19.9. The van der Waals surface area contributed by atoms with E-state index in [0.717, 1.165) is 30.4 Å². The molecule has 1 heterocycles. The van der Waals surface area contributed by atoms with E-state index < -0.39 is 6.04 Å². The Bertz CT molecular complexity index is 1450. The van der Waals surface area contributed by atoms with E-state index >= 15 is 0 Å². The van der Waals surface area contributed by atoms with Gasteiger partial charge in [0.25, 0.3) is 5.91 Å². The van der Waals surface area contributed by atoms with Crippen molar-refractivity contribution in [2.75, 3.05) is 38.7 Å². The van der Waals surface area contributed by atoms with Crippen molar-refractivity contribution < 1.29 is 29.0 Å². The summed E-state index contributed by atoms with van der Waals surface area (Å²) in [4.78, 5) is 43.7. The molecule has 3 amide bonds. The van der Waals surface area contributed by atoms with Crippen LogP contribution < -0.4 is 10.1 Å². The highest BCUT2D eigenvalue weighted by Crippen LogP contribution is 2.28. The van der Waals surface area contributed by atoms with Gasteiger partial charge in [0.2, 0.25) is 11.8 Å². The summed E-state index contributed by atoms with van der Waals surface area (Å²) in [7, 11) is 1.79. The summed E-state index contributed by atoms with van der Waals surface area (Å²) in [5.74, 6) is -0.254. The van der Waals surface area contributed by atoms with Crippen molar-refractivity contribution in [3.05, 3.63) is 95.6 Å². The highest BCUT2D eigenvalue weighted by molar-refractivity contribution is 6.00. The lowest BCUT2D eigenvalue weighted by Crippen LogP contribution is -2.48. The molecular weight excluding hydrogens is 594 g/mol. The van der Waals surface area contributed by atoms with Gasteiger partial charge in [-0.05, 0) is 62.4 Å². The second-order valence-electron chi connectivity index (χ2n) is 12.7. The minimum atomic E-state index is -0.502. The molecule has 0 saturated carbocycles. The number of anilines is 1. The topological polar surface area (TPSA) is 108 Å². The van der Waals surface area contributed by atoms with Crippen LogP contribution in [-0.2, 0) is 27.2 Å². The third-order valence-electron chi connectivity index (χ3n) is 8.62. The Morgan fingerprint density at radius 1 is 0.979 bits per heavy atom. The summed E-state index contributed by atoms with van der Waals surface area (Å²) in [6.45, 7) is 6.72. The lowest BCUT2D eigenvalue weighted by Gasteiger charge is -2.36. The van der Waals surface area contributed by atoms with Gasteiger partial charge < -0.3 is 29.7 Å². The monoisotopic (exact) mass is 643 g/mol. The fourth-order valence-corrected chi connectivity index (χ4v) is 5.73. The zero-order chi connectivity index (χ0) is 33.8. The van der Waals surface area contributed by atoms with Gasteiger partial charge in [-0.3, -0.25) is 14.4 Å². The molecule has 0 aliphatic carbocycles. The minimum absolute atomic E-state index is 0.00944. The van der Waals surface area contributed by atoms with Crippen molar-refractivity contribution in [1.82, 2.24) is 9.80 Å². The number of hydrogen-bond donors (Lipinski definition) is 2. The first-order valence-electron chi connectivity index (χ1n) is 16.6. The average molecular weight is 644 g/mol. The Morgan fingerprint density at radius 2 is 1.64 bits per heavy atom. The zero-order valence-corrected chi connectivity index (χ0v) is 28.1. The number of benzene rings is 3. The SMILES string of the molecule is C[C@H](CO)N1C[C@H](C)[C@H](CN(C)C(=O)Cc2ccccc2)OCCCC[C@H](C)Oc2ccc(NC(=O)Cc3ccccc3)cc2C1=O. The maximum absolute atomic E-state index is 14.3. The largest absolute Gasteiger partial charge is 0.490 e. The van der Waals surface area contributed by atoms with Gasteiger partial charge in [-0.2, -0.15) is 0 Å². The molecule has 252 valence electrons. The molecule has 0 bridgehead atoms. The second kappa shape index (κ2) is 17.6. The van der Waals surface area contributed by atoms with Gasteiger partial charge in [0.1, 0.15) is 5.75 Å². The number of nitrogens with zero attached hydrogens (tertiary/aromatic N) is 2. The number of aliphatic hydroxyl groups excluding tert-OH is 1. The fraction of sp³-hybridized carbons (Fsp3) is 0.447.